The van der Waals surface area contributed by atoms with Gasteiger partial charge in [0.1, 0.15) is 5.75 Å². The molecule has 21 heavy (non-hydrogen) atoms. The summed E-state index contributed by atoms with van der Waals surface area (Å²) in [4.78, 5) is 0. The van der Waals surface area contributed by atoms with E-state index in [0.29, 0.717) is 23.2 Å². The van der Waals surface area contributed by atoms with Gasteiger partial charge >= 0.3 is 0 Å². The first kappa shape index (κ1) is 15.7. The van der Waals surface area contributed by atoms with Crippen molar-refractivity contribution in [1.29, 1.82) is 0 Å². The van der Waals surface area contributed by atoms with Crippen LogP contribution in [-0.2, 0) is 6.54 Å². The maximum Gasteiger partial charge on any atom is 0.238 e. The van der Waals surface area contributed by atoms with E-state index in [0.717, 1.165) is 11.3 Å². The molecule has 0 saturated heterocycles. The number of rotatable bonds is 4. The molecule has 4 nitrogen and oxygen atoms in total. The van der Waals surface area contributed by atoms with Crippen molar-refractivity contribution >= 4 is 11.6 Å². The van der Waals surface area contributed by atoms with E-state index in [1.807, 2.05) is 31.2 Å². The molecule has 0 unspecified atom stereocenters. The van der Waals surface area contributed by atoms with Crippen molar-refractivity contribution in [3.63, 3.8) is 0 Å². The molecule has 112 valence electrons. The van der Waals surface area contributed by atoms with Crippen LogP contribution in [0, 0.1) is 6.92 Å². The molecule has 0 radical (unpaired) electrons. The van der Waals surface area contributed by atoms with Crippen molar-refractivity contribution in [2.24, 2.45) is 0 Å². The van der Waals surface area contributed by atoms with E-state index in [4.69, 9.17) is 16.3 Å². The van der Waals surface area contributed by atoms with Gasteiger partial charge < -0.3 is 10.1 Å². The Hall–Kier alpha value is -1.65. The molecule has 1 N–H and O–H groups in total. The van der Waals surface area contributed by atoms with Crippen LogP contribution in [0.5, 0.6) is 11.6 Å². The summed E-state index contributed by atoms with van der Waals surface area (Å²) in [6.45, 7) is 8.97. The predicted molar refractivity (Wildman–Crippen MR) is 84.9 cm³/mol. The highest BCUT2D eigenvalue weighted by Crippen LogP contribution is 2.28. The molecule has 0 aliphatic carbocycles. The number of aromatic nitrogens is 2. The molecule has 0 saturated carbocycles. The highest BCUT2D eigenvalue weighted by molar-refractivity contribution is 6.32. The summed E-state index contributed by atoms with van der Waals surface area (Å²) in [6, 6.07) is 9.31. The summed E-state index contributed by atoms with van der Waals surface area (Å²) in [7, 11) is 0. The zero-order valence-electron chi connectivity index (χ0n) is 12.8. The Bertz CT molecular complexity index is 606. The minimum Gasteiger partial charge on any atom is -0.436 e. The molecule has 0 atom stereocenters. The smallest absolute Gasteiger partial charge is 0.238 e. The summed E-state index contributed by atoms with van der Waals surface area (Å²) in [5, 5.41) is 12.1. The minimum absolute atomic E-state index is 0.0479. The van der Waals surface area contributed by atoms with Gasteiger partial charge in [0.05, 0.1) is 10.7 Å². The molecule has 0 bridgehead atoms. The standard InChI is InChI=1S/C16H20ClN3O/c1-11-5-7-14(13(17)9-11)21-15-8-6-12(19-20-15)10-18-16(2,3)4/h5-9,18H,10H2,1-4H3. The van der Waals surface area contributed by atoms with Gasteiger partial charge in [0, 0.05) is 18.2 Å². The van der Waals surface area contributed by atoms with Gasteiger partial charge in [-0.3, -0.25) is 0 Å². The van der Waals surface area contributed by atoms with Crippen molar-refractivity contribution in [3.05, 3.63) is 46.6 Å². The van der Waals surface area contributed by atoms with E-state index in [-0.39, 0.29) is 5.54 Å². The average molecular weight is 306 g/mol. The largest absolute Gasteiger partial charge is 0.436 e. The fraction of sp³-hybridized carbons (Fsp3) is 0.375. The lowest BCUT2D eigenvalue weighted by molar-refractivity contribution is 0.416. The van der Waals surface area contributed by atoms with Crippen molar-refractivity contribution in [1.82, 2.24) is 15.5 Å². The second-order valence-corrected chi connectivity index (χ2v) is 6.41. The van der Waals surface area contributed by atoms with Crippen LogP contribution >= 0.6 is 11.6 Å². The van der Waals surface area contributed by atoms with Crippen LogP contribution in [0.3, 0.4) is 0 Å². The first-order chi connectivity index (χ1) is 9.83. The monoisotopic (exact) mass is 305 g/mol. The van der Waals surface area contributed by atoms with Crippen molar-refractivity contribution in [2.75, 3.05) is 0 Å². The Morgan fingerprint density at radius 3 is 2.48 bits per heavy atom. The molecule has 1 aromatic heterocycles. The number of hydrogen-bond donors (Lipinski definition) is 1. The topological polar surface area (TPSA) is 47.0 Å². The maximum atomic E-state index is 6.13. The molecule has 2 rings (SSSR count). The van der Waals surface area contributed by atoms with Gasteiger partial charge in [0.15, 0.2) is 0 Å². The van der Waals surface area contributed by atoms with Gasteiger partial charge in [-0.15, -0.1) is 5.10 Å². The number of nitrogens with one attached hydrogen (secondary N) is 1. The van der Waals surface area contributed by atoms with Crippen LogP contribution in [0.25, 0.3) is 0 Å². The number of ether oxygens (including phenoxy) is 1. The molecule has 1 heterocycles. The lowest BCUT2D eigenvalue weighted by Crippen LogP contribution is -2.35. The van der Waals surface area contributed by atoms with Gasteiger partial charge in [0.25, 0.3) is 0 Å². The quantitative estimate of drug-likeness (QED) is 0.923. The van der Waals surface area contributed by atoms with Gasteiger partial charge in [-0.2, -0.15) is 5.10 Å². The van der Waals surface area contributed by atoms with Crippen LogP contribution in [0.1, 0.15) is 32.0 Å². The van der Waals surface area contributed by atoms with Gasteiger partial charge in [-0.1, -0.05) is 17.7 Å². The van der Waals surface area contributed by atoms with E-state index in [9.17, 15) is 0 Å². The van der Waals surface area contributed by atoms with Gasteiger partial charge in [-0.05, 0) is 51.5 Å². The normalized spacial score (nSPS) is 11.5. The highest BCUT2D eigenvalue weighted by atomic mass is 35.5. The predicted octanol–water partition coefficient (Wildman–Crippen LogP) is 4.12. The summed E-state index contributed by atoms with van der Waals surface area (Å²) in [5.41, 5.74) is 2.00. The Kier molecular flexibility index (Phi) is 4.80. The van der Waals surface area contributed by atoms with Gasteiger partial charge in [0.2, 0.25) is 5.88 Å². The maximum absolute atomic E-state index is 6.13. The minimum atomic E-state index is 0.0479. The van der Waals surface area contributed by atoms with E-state index in [1.54, 1.807) is 6.07 Å². The van der Waals surface area contributed by atoms with E-state index in [2.05, 4.69) is 36.3 Å². The third-order valence-corrected chi connectivity index (χ3v) is 3.09. The summed E-state index contributed by atoms with van der Waals surface area (Å²) in [6.07, 6.45) is 0. The molecule has 1 aromatic carbocycles. The molecular formula is C16H20ClN3O. The molecule has 5 heteroatoms. The van der Waals surface area contributed by atoms with Crippen LogP contribution in [-0.4, -0.2) is 15.7 Å². The number of halogens is 1. The summed E-state index contributed by atoms with van der Waals surface area (Å²) < 4.78 is 5.64. The molecular weight excluding hydrogens is 286 g/mol. The lowest BCUT2D eigenvalue weighted by atomic mass is 10.1. The van der Waals surface area contributed by atoms with Crippen LogP contribution in [0.4, 0.5) is 0 Å². The van der Waals surface area contributed by atoms with Crippen LogP contribution < -0.4 is 10.1 Å². The zero-order chi connectivity index (χ0) is 15.5. The second kappa shape index (κ2) is 6.41. The summed E-state index contributed by atoms with van der Waals surface area (Å²) in [5.74, 6) is 1.01. The number of nitrogens with zero attached hydrogens (tertiary/aromatic N) is 2. The zero-order valence-corrected chi connectivity index (χ0v) is 13.5. The average Bonchev–Trinajstić information content (AvgIpc) is 2.40. The fourth-order valence-corrected chi connectivity index (χ4v) is 1.93. The molecule has 2 aromatic rings. The SMILES string of the molecule is Cc1ccc(Oc2ccc(CNC(C)(C)C)nn2)c(Cl)c1. The van der Waals surface area contributed by atoms with E-state index in [1.165, 1.54) is 0 Å². The first-order valence-electron chi connectivity index (χ1n) is 6.85. The molecule has 0 aliphatic heterocycles. The Morgan fingerprint density at radius 2 is 1.90 bits per heavy atom. The van der Waals surface area contributed by atoms with Crippen molar-refractivity contribution in [2.45, 2.75) is 39.8 Å². The first-order valence-corrected chi connectivity index (χ1v) is 7.23. The third kappa shape index (κ3) is 4.99. The molecule has 0 fully saturated rings. The number of hydrogen-bond acceptors (Lipinski definition) is 4. The van der Waals surface area contributed by atoms with E-state index >= 15 is 0 Å². The molecule has 0 spiro atoms. The summed E-state index contributed by atoms with van der Waals surface area (Å²) >= 11 is 6.13. The molecule has 0 amide bonds. The second-order valence-electron chi connectivity index (χ2n) is 6.00. The highest BCUT2D eigenvalue weighted by Gasteiger charge is 2.10. The van der Waals surface area contributed by atoms with Crippen molar-refractivity contribution < 1.29 is 4.74 Å². The molecule has 0 aliphatic rings. The Morgan fingerprint density at radius 1 is 1.14 bits per heavy atom. The number of benzene rings is 1. The fourth-order valence-electron chi connectivity index (χ4n) is 1.65. The van der Waals surface area contributed by atoms with Crippen LogP contribution in [0.15, 0.2) is 30.3 Å². The lowest BCUT2D eigenvalue weighted by Gasteiger charge is -2.19. The van der Waals surface area contributed by atoms with Crippen molar-refractivity contribution in [3.8, 4) is 11.6 Å². The third-order valence-electron chi connectivity index (χ3n) is 2.80. The Labute approximate surface area is 130 Å². The number of aryl methyl sites for hydroxylation is 1. The Balaban J connectivity index is 2.02. The van der Waals surface area contributed by atoms with Gasteiger partial charge in [-0.25, -0.2) is 0 Å². The van der Waals surface area contributed by atoms with E-state index < -0.39 is 0 Å². The van der Waals surface area contributed by atoms with Crippen LogP contribution in [0.2, 0.25) is 5.02 Å².